The van der Waals surface area contributed by atoms with Crippen molar-refractivity contribution in [2.24, 2.45) is 4.99 Å². The predicted molar refractivity (Wildman–Crippen MR) is 153 cm³/mol. The van der Waals surface area contributed by atoms with Gasteiger partial charge in [-0.25, -0.2) is 4.99 Å². The first-order valence-corrected chi connectivity index (χ1v) is 13.4. The van der Waals surface area contributed by atoms with Gasteiger partial charge in [0.1, 0.15) is 11.5 Å². The first-order valence-electron chi connectivity index (χ1n) is 11.6. The summed E-state index contributed by atoms with van der Waals surface area (Å²) in [5.41, 5.74) is 4.30. The van der Waals surface area contributed by atoms with Crippen molar-refractivity contribution < 1.29 is 13.9 Å². The van der Waals surface area contributed by atoms with E-state index in [4.69, 9.17) is 9.15 Å². The molecule has 1 N–H and O–H groups in total. The molecule has 188 valence electrons. The van der Waals surface area contributed by atoms with Crippen LogP contribution >= 0.6 is 33.9 Å². The number of ether oxygens (including phenoxy) is 1. The quantitative estimate of drug-likeness (QED) is 0.326. The average molecular weight is 625 g/mol. The molecule has 2 aromatic heterocycles. The zero-order valence-corrected chi connectivity index (χ0v) is 23.6. The Morgan fingerprint density at radius 1 is 1.14 bits per heavy atom. The molecular formula is C28H24IN3O4S. The number of thiazole rings is 1. The van der Waals surface area contributed by atoms with E-state index < -0.39 is 6.04 Å². The zero-order chi connectivity index (χ0) is 26.3. The maximum atomic E-state index is 13.8. The van der Waals surface area contributed by atoms with Crippen LogP contribution in [0.2, 0.25) is 0 Å². The lowest BCUT2D eigenvalue weighted by atomic mass is 9.95. The molecule has 0 unspecified atom stereocenters. The topological polar surface area (TPSA) is 85.8 Å². The van der Waals surface area contributed by atoms with E-state index in [1.165, 1.54) is 11.3 Å². The zero-order valence-electron chi connectivity index (χ0n) is 20.7. The number of carbonyl (C=O) groups excluding carboxylic acids is 1. The fourth-order valence-electron chi connectivity index (χ4n) is 4.39. The van der Waals surface area contributed by atoms with Gasteiger partial charge in [-0.15, -0.1) is 0 Å². The van der Waals surface area contributed by atoms with Gasteiger partial charge in [-0.3, -0.25) is 14.2 Å². The monoisotopic (exact) mass is 625 g/mol. The van der Waals surface area contributed by atoms with Crippen molar-refractivity contribution in [2.75, 3.05) is 12.4 Å². The number of furan rings is 1. The summed E-state index contributed by atoms with van der Waals surface area (Å²) in [6, 6.07) is 16.2. The van der Waals surface area contributed by atoms with Crippen molar-refractivity contribution in [1.82, 2.24) is 4.57 Å². The summed E-state index contributed by atoms with van der Waals surface area (Å²) in [5.74, 6) is 0.966. The molecular weight excluding hydrogens is 601 g/mol. The molecule has 0 aliphatic carbocycles. The Labute approximate surface area is 231 Å². The van der Waals surface area contributed by atoms with Gasteiger partial charge in [0.05, 0.1) is 29.0 Å². The Morgan fingerprint density at radius 3 is 2.54 bits per heavy atom. The molecule has 7 nitrogen and oxygen atoms in total. The highest BCUT2D eigenvalue weighted by Gasteiger charge is 2.32. The number of fused-ring (bicyclic) bond motifs is 1. The SMILES string of the molecule is COc1ccc([C@@H]2C(C(=O)Nc3ccc(C)cc3C)=C(C)N=c3s/c(=C/c4ccc(I)o4)c(=O)n32)cc1. The molecule has 2 aromatic carbocycles. The van der Waals surface area contributed by atoms with E-state index in [2.05, 4.69) is 32.9 Å². The van der Waals surface area contributed by atoms with Crippen LogP contribution in [0.3, 0.4) is 0 Å². The molecule has 37 heavy (non-hydrogen) atoms. The maximum absolute atomic E-state index is 13.8. The van der Waals surface area contributed by atoms with Crippen LogP contribution < -0.4 is 24.9 Å². The van der Waals surface area contributed by atoms with Gasteiger partial charge in [-0.2, -0.15) is 0 Å². The Hall–Kier alpha value is -3.44. The van der Waals surface area contributed by atoms with Crippen molar-refractivity contribution in [2.45, 2.75) is 26.8 Å². The summed E-state index contributed by atoms with van der Waals surface area (Å²) in [4.78, 5) is 32.7. The van der Waals surface area contributed by atoms with E-state index in [1.54, 1.807) is 24.7 Å². The number of nitrogens with zero attached hydrogens (tertiary/aromatic N) is 2. The Morgan fingerprint density at radius 2 is 1.89 bits per heavy atom. The predicted octanol–water partition coefficient (Wildman–Crippen LogP) is 4.70. The number of amides is 1. The van der Waals surface area contributed by atoms with Crippen molar-refractivity contribution in [1.29, 1.82) is 0 Å². The van der Waals surface area contributed by atoms with Crippen LogP contribution in [0.4, 0.5) is 5.69 Å². The first-order chi connectivity index (χ1) is 17.7. The van der Waals surface area contributed by atoms with Gasteiger partial charge < -0.3 is 14.5 Å². The number of nitrogens with one attached hydrogen (secondary N) is 1. The van der Waals surface area contributed by atoms with E-state index in [-0.39, 0.29) is 11.5 Å². The van der Waals surface area contributed by atoms with E-state index in [1.807, 2.05) is 68.4 Å². The first kappa shape index (κ1) is 25.2. The summed E-state index contributed by atoms with van der Waals surface area (Å²) in [7, 11) is 1.60. The fourth-order valence-corrected chi connectivity index (χ4v) is 5.85. The van der Waals surface area contributed by atoms with Crippen LogP contribution in [0.1, 0.15) is 35.4 Å². The minimum atomic E-state index is -0.660. The minimum Gasteiger partial charge on any atom is -0.497 e. The van der Waals surface area contributed by atoms with Gasteiger partial charge in [0, 0.05) is 11.8 Å². The maximum Gasteiger partial charge on any atom is 0.271 e. The Balaban J connectivity index is 1.66. The standard InChI is InChI=1S/C28H24IN3O4S/c1-15-5-11-21(16(2)13-15)31-26(33)24-17(3)30-28-32(25(24)18-6-8-19(35-4)9-7-18)27(34)22(37-28)14-20-10-12-23(29)36-20/h5-14,25H,1-4H3,(H,31,33)/b22-14+/t25-/m1/s1. The highest BCUT2D eigenvalue weighted by atomic mass is 127. The minimum absolute atomic E-state index is 0.236. The lowest BCUT2D eigenvalue weighted by molar-refractivity contribution is -0.113. The Bertz CT molecular complexity index is 1730. The number of carbonyl (C=O) groups is 1. The second-order valence-electron chi connectivity index (χ2n) is 8.77. The third-order valence-electron chi connectivity index (χ3n) is 6.20. The van der Waals surface area contributed by atoms with Crippen LogP contribution in [-0.4, -0.2) is 17.6 Å². The van der Waals surface area contributed by atoms with Gasteiger partial charge in [-0.1, -0.05) is 41.2 Å². The van der Waals surface area contributed by atoms with Crippen LogP contribution in [0.25, 0.3) is 6.08 Å². The molecule has 4 aromatic rings. The smallest absolute Gasteiger partial charge is 0.271 e. The van der Waals surface area contributed by atoms with Crippen molar-refractivity contribution >= 4 is 51.6 Å². The third kappa shape index (κ3) is 4.93. The summed E-state index contributed by atoms with van der Waals surface area (Å²) in [6.07, 6.45) is 1.71. The Kier molecular flexibility index (Phi) is 6.91. The number of aromatic nitrogens is 1. The third-order valence-corrected chi connectivity index (χ3v) is 7.76. The van der Waals surface area contributed by atoms with E-state index in [9.17, 15) is 9.59 Å². The molecule has 0 spiro atoms. The lowest BCUT2D eigenvalue weighted by Crippen LogP contribution is -2.40. The molecule has 3 heterocycles. The molecule has 9 heteroatoms. The summed E-state index contributed by atoms with van der Waals surface area (Å²) in [5, 5.41) is 3.04. The second-order valence-corrected chi connectivity index (χ2v) is 10.8. The van der Waals surface area contributed by atoms with E-state index in [0.717, 1.165) is 20.5 Å². The summed E-state index contributed by atoms with van der Waals surface area (Å²) >= 11 is 3.36. The van der Waals surface area contributed by atoms with Gasteiger partial charge in [0.15, 0.2) is 8.57 Å². The molecule has 1 amide bonds. The van der Waals surface area contributed by atoms with Crippen molar-refractivity contribution in [3.8, 4) is 5.75 Å². The molecule has 0 saturated carbocycles. The number of hydrogen-bond donors (Lipinski definition) is 1. The second kappa shape index (κ2) is 10.1. The molecule has 0 fully saturated rings. The van der Waals surface area contributed by atoms with Gasteiger partial charge in [0.2, 0.25) is 0 Å². The highest BCUT2D eigenvalue weighted by Crippen LogP contribution is 2.32. The molecule has 0 bridgehead atoms. The number of halogens is 1. The number of allylic oxidation sites excluding steroid dienone is 1. The van der Waals surface area contributed by atoms with Crippen molar-refractivity contribution in [3.05, 3.63) is 112 Å². The molecule has 0 radical (unpaired) electrons. The average Bonchev–Trinajstić information content (AvgIpc) is 3.42. The number of aryl methyl sites for hydroxylation is 2. The van der Waals surface area contributed by atoms with Crippen LogP contribution in [-0.2, 0) is 4.79 Å². The molecule has 1 aliphatic rings. The molecule has 1 aliphatic heterocycles. The number of benzene rings is 2. The van der Waals surface area contributed by atoms with Gasteiger partial charge >= 0.3 is 0 Å². The summed E-state index contributed by atoms with van der Waals surface area (Å²) < 4.78 is 13.8. The number of rotatable bonds is 5. The molecule has 0 saturated heterocycles. The molecule has 5 rings (SSSR count). The van der Waals surface area contributed by atoms with Crippen LogP contribution in [0.5, 0.6) is 5.75 Å². The normalized spacial score (nSPS) is 15.4. The summed E-state index contributed by atoms with van der Waals surface area (Å²) in [6.45, 7) is 5.77. The fraction of sp³-hybridized carbons (Fsp3) is 0.179. The van der Waals surface area contributed by atoms with E-state index in [0.29, 0.717) is 37.8 Å². The van der Waals surface area contributed by atoms with Crippen LogP contribution in [0.15, 0.2) is 80.1 Å². The number of hydrogen-bond acceptors (Lipinski definition) is 6. The van der Waals surface area contributed by atoms with Crippen LogP contribution in [0, 0.1) is 17.6 Å². The van der Waals surface area contributed by atoms with Crippen molar-refractivity contribution in [3.63, 3.8) is 0 Å². The molecule has 1 atom stereocenters. The largest absolute Gasteiger partial charge is 0.497 e. The lowest BCUT2D eigenvalue weighted by Gasteiger charge is -2.25. The van der Waals surface area contributed by atoms with Gasteiger partial charge in [0.25, 0.3) is 11.5 Å². The van der Waals surface area contributed by atoms with E-state index >= 15 is 0 Å². The number of anilines is 1. The highest BCUT2D eigenvalue weighted by molar-refractivity contribution is 14.1. The van der Waals surface area contributed by atoms with Gasteiger partial charge in [-0.05, 0) is 84.8 Å². The number of methoxy groups -OCH3 is 1.